The van der Waals surface area contributed by atoms with E-state index in [9.17, 15) is 9.90 Å². The van der Waals surface area contributed by atoms with E-state index in [0.29, 0.717) is 13.0 Å². The number of carboxylic acid groups (broad SMARTS) is 1. The molecule has 1 fully saturated rings. The van der Waals surface area contributed by atoms with Crippen molar-refractivity contribution in [1.29, 1.82) is 0 Å². The molecule has 4 heteroatoms. The molecule has 2 rings (SSSR count). The van der Waals surface area contributed by atoms with Gasteiger partial charge in [-0.25, -0.2) is 0 Å². The second-order valence-electron chi connectivity index (χ2n) is 5.79. The van der Waals surface area contributed by atoms with E-state index in [1.807, 2.05) is 25.1 Å². The van der Waals surface area contributed by atoms with Crippen molar-refractivity contribution in [3.8, 4) is 0 Å². The average Bonchev–Trinajstić information content (AvgIpc) is 2.84. The van der Waals surface area contributed by atoms with Gasteiger partial charge in [0.15, 0.2) is 0 Å². The van der Waals surface area contributed by atoms with Crippen molar-refractivity contribution >= 4 is 5.97 Å². The minimum absolute atomic E-state index is 0.225. The van der Waals surface area contributed by atoms with Gasteiger partial charge in [0, 0.05) is 25.7 Å². The zero-order valence-corrected chi connectivity index (χ0v) is 12.3. The molecule has 1 aliphatic heterocycles. The summed E-state index contributed by atoms with van der Waals surface area (Å²) < 4.78 is 0. The Hall–Kier alpha value is -1.39. The van der Waals surface area contributed by atoms with Crippen LogP contribution in [0.1, 0.15) is 32.3 Å². The molecular weight excluding hydrogens is 252 g/mol. The highest BCUT2D eigenvalue weighted by atomic mass is 16.4. The zero-order valence-electron chi connectivity index (χ0n) is 12.3. The van der Waals surface area contributed by atoms with Gasteiger partial charge in [-0.05, 0) is 25.3 Å². The van der Waals surface area contributed by atoms with Gasteiger partial charge in [0.2, 0.25) is 0 Å². The Bertz CT molecular complexity index is 449. The van der Waals surface area contributed by atoms with Gasteiger partial charge < -0.3 is 5.11 Å². The molecule has 0 saturated carbocycles. The molecule has 2 N–H and O–H groups in total. The number of rotatable bonds is 6. The van der Waals surface area contributed by atoms with Gasteiger partial charge in [-0.3, -0.25) is 15.0 Å². The first-order chi connectivity index (χ1) is 9.55. The molecule has 1 heterocycles. The Morgan fingerprint density at radius 2 is 2.15 bits per heavy atom. The van der Waals surface area contributed by atoms with E-state index in [1.165, 1.54) is 5.56 Å². The van der Waals surface area contributed by atoms with Crippen molar-refractivity contribution in [2.45, 2.75) is 44.8 Å². The van der Waals surface area contributed by atoms with Crippen LogP contribution in [0.4, 0.5) is 0 Å². The van der Waals surface area contributed by atoms with Crippen LogP contribution in [0, 0.1) is 0 Å². The van der Waals surface area contributed by atoms with Crippen LogP contribution in [-0.2, 0) is 11.3 Å². The summed E-state index contributed by atoms with van der Waals surface area (Å²) in [6, 6.07) is 10.4. The number of hydrogen-bond donors (Lipinski definition) is 2. The minimum Gasteiger partial charge on any atom is -0.480 e. The molecule has 1 aromatic rings. The van der Waals surface area contributed by atoms with Crippen molar-refractivity contribution in [2.75, 3.05) is 13.1 Å². The van der Waals surface area contributed by atoms with Gasteiger partial charge in [0.25, 0.3) is 0 Å². The average molecular weight is 276 g/mol. The van der Waals surface area contributed by atoms with Gasteiger partial charge in [-0.1, -0.05) is 37.3 Å². The highest BCUT2D eigenvalue weighted by Crippen LogP contribution is 2.24. The Morgan fingerprint density at radius 1 is 1.45 bits per heavy atom. The summed E-state index contributed by atoms with van der Waals surface area (Å²) in [7, 11) is 0. The van der Waals surface area contributed by atoms with Gasteiger partial charge >= 0.3 is 5.97 Å². The van der Waals surface area contributed by atoms with Crippen molar-refractivity contribution in [3.63, 3.8) is 0 Å². The van der Waals surface area contributed by atoms with E-state index >= 15 is 0 Å². The maximum atomic E-state index is 11.7. The summed E-state index contributed by atoms with van der Waals surface area (Å²) >= 11 is 0. The Labute approximate surface area is 120 Å². The first kappa shape index (κ1) is 15.0. The lowest BCUT2D eigenvalue weighted by Crippen LogP contribution is -2.56. The first-order valence-corrected chi connectivity index (χ1v) is 7.33. The standard InChI is InChI=1S/C16H24N2O2/c1-3-13(2)17-16(15(19)20)9-10-18(12-16)11-14-7-5-4-6-8-14/h4-8,13,17H,3,9-12H2,1-2H3,(H,19,20). The number of hydrogen-bond acceptors (Lipinski definition) is 3. The van der Waals surface area contributed by atoms with Gasteiger partial charge in [-0.15, -0.1) is 0 Å². The molecule has 2 unspecified atom stereocenters. The number of nitrogens with one attached hydrogen (secondary N) is 1. The molecule has 20 heavy (non-hydrogen) atoms. The normalized spacial score (nSPS) is 24.7. The molecule has 1 aliphatic rings. The molecule has 0 spiro atoms. The monoisotopic (exact) mass is 276 g/mol. The largest absolute Gasteiger partial charge is 0.480 e. The van der Waals surface area contributed by atoms with Crippen LogP contribution in [0.15, 0.2) is 30.3 Å². The van der Waals surface area contributed by atoms with E-state index in [0.717, 1.165) is 19.5 Å². The van der Waals surface area contributed by atoms with Crippen LogP contribution >= 0.6 is 0 Å². The molecular formula is C16H24N2O2. The van der Waals surface area contributed by atoms with Crippen molar-refractivity contribution < 1.29 is 9.90 Å². The smallest absolute Gasteiger partial charge is 0.325 e. The highest BCUT2D eigenvalue weighted by molar-refractivity contribution is 5.79. The van der Waals surface area contributed by atoms with Gasteiger partial charge in [0.05, 0.1) is 0 Å². The predicted molar refractivity (Wildman–Crippen MR) is 79.6 cm³/mol. The summed E-state index contributed by atoms with van der Waals surface area (Å²) in [4.78, 5) is 13.9. The molecule has 0 aliphatic carbocycles. The van der Waals surface area contributed by atoms with Gasteiger partial charge in [-0.2, -0.15) is 0 Å². The van der Waals surface area contributed by atoms with Crippen LogP contribution in [0.3, 0.4) is 0 Å². The molecule has 4 nitrogen and oxygen atoms in total. The summed E-state index contributed by atoms with van der Waals surface area (Å²) in [5.41, 5.74) is 0.446. The molecule has 1 aromatic carbocycles. The topological polar surface area (TPSA) is 52.6 Å². The molecule has 1 saturated heterocycles. The van der Waals surface area contributed by atoms with E-state index in [2.05, 4.69) is 29.3 Å². The maximum absolute atomic E-state index is 11.7. The quantitative estimate of drug-likeness (QED) is 0.835. The third-order valence-corrected chi connectivity index (χ3v) is 4.14. The molecule has 0 radical (unpaired) electrons. The summed E-state index contributed by atoms with van der Waals surface area (Å²) in [6.45, 7) is 6.33. The Kier molecular flexibility index (Phi) is 4.78. The number of carbonyl (C=O) groups is 1. The van der Waals surface area contributed by atoms with Crippen molar-refractivity contribution in [1.82, 2.24) is 10.2 Å². The summed E-state index contributed by atoms with van der Waals surface area (Å²) in [5.74, 6) is -0.728. The predicted octanol–water partition coefficient (Wildman–Crippen LogP) is 2.10. The fourth-order valence-electron chi connectivity index (χ4n) is 2.79. The summed E-state index contributed by atoms with van der Waals surface area (Å²) in [6.07, 6.45) is 1.60. The lowest BCUT2D eigenvalue weighted by atomic mass is 9.97. The number of nitrogens with zero attached hydrogens (tertiary/aromatic N) is 1. The number of aliphatic carboxylic acids is 1. The first-order valence-electron chi connectivity index (χ1n) is 7.33. The molecule has 110 valence electrons. The molecule has 0 aromatic heterocycles. The van der Waals surface area contributed by atoms with Crippen LogP contribution in [-0.4, -0.2) is 40.6 Å². The fraction of sp³-hybridized carbons (Fsp3) is 0.562. The van der Waals surface area contributed by atoms with E-state index in [1.54, 1.807) is 0 Å². The lowest BCUT2D eigenvalue weighted by molar-refractivity contribution is -0.144. The van der Waals surface area contributed by atoms with Crippen molar-refractivity contribution in [2.24, 2.45) is 0 Å². The van der Waals surface area contributed by atoms with Crippen LogP contribution in [0.25, 0.3) is 0 Å². The van der Waals surface area contributed by atoms with E-state index < -0.39 is 11.5 Å². The number of benzene rings is 1. The van der Waals surface area contributed by atoms with Crippen LogP contribution < -0.4 is 5.32 Å². The SMILES string of the molecule is CCC(C)NC1(C(=O)O)CCN(Cc2ccccc2)C1. The third kappa shape index (κ3) is 3.38. The fourth-order valence-corrected chi connectivity index (χ4v) is 2.79. The molecule has 0 amide bonds. The molecule has 0 bridgehead atoms. The number of carboxylic acids is 1. The van der Waals surface area contributed by atoms with E-state index in [4.69, 9.17) is 0 Å². The van der Waals surface area contributed by atoms with Crippen LogP contribution in [0.2, 0.25) is 0 Å². The maximum Gasteiger partial charge on any atom is 0.325 e. The third-order valence-electron chi connectivity index (χ3n) is 4.14. The van der Waals surface area contributed by atoms with Crippen molar-refractivity contribution in [3.05, 3.63) is 35.9 Å². The van der Waals surface area contributed by atoms with Crippen LogP contribution in [0.5, 0.6) is 0 Å². The second kappa shape index (κ2) is 6.37. The zero-order chi connectivity index (χ0) is 14.6. The van der Waals surface area contributed by atoms with Gasteiger partial charge in [0.1, 0.15) is 5.54 Å². The minimum atomic E-state index is -0.787. The Balaban J connectivity index is 2.02. The molecule has 2 atom stereocenters. The second-order valence-corrected chi connectivity index (χ2v) is 5.79. The summed E-state index contributed by atoms with van der Waals surface area (Å²) in [5, 5.41) is 12.9. The lowest BCUT2D eigenvalue weighted by Gasteiger charge is -2.29. The highest BCUT2D eigenvalue weighted by Gasteiger charge is 2.45. The number of likely N-dealkylation sites (tertiary alicyclic amines) is 1. The van der Waals surface area contributed by atoms with E-state index in [-0.39, 0.29) is 6.04 Å². The Morgan fingerprint density at radius 3 is 2.75 bits per heavy atom.